The molecule has 0 aromatic heterocycles. The lowest BCUT2D eigenvalue weighted by Crippen LogP contribution is -2.44. The van der Waals surface area contributed by atoms with E-state index in [0.717, 1.165) is 25.9 Å². The van der Waals surface area contributed by atoms with E-state index in [-0.39, 0.29) is 5.91 Å². The van der Waals surface area contributed by atoms with Crippen LogP contribution in [0.25, 0.3) is 0 Å². The van der Waals surface area contributed by atoms with Crippen molar-refractivity contribution in [1.82, 2.24) is 9.80 Å². The first kappa shape index (κ1) is 12.1. The van der Waals surface area contributed by atoms with Crippen LogP contribution in [-0.4, -0.2) is 48.9 Å². The van der Waals surface area contributed by atoms with Gasteiger partial charge in [0.1, 0.15) is 0 Å². The molecule has 1 fully saturated rings. The Bertz CT molecular complexity index is 367. The van der Waals surface area contributed by atoms with Crippen molar-refractivity contribution in [2.75, 3.05) is 27.2 Å². The summed E-state index contributed by atoms with van der Waals surface area (Å²) in [5.41, 5.74) is 0.677. The molecule has 1 aliphatic heterocycles. The minimum absolute atomic E-state index is 0.114. The molecule has 0 aliphatic carbocycles. The largest absolute Gasteiger partial charge is 0.339 e. The van der Waals surface area contributed by atoms with E-state index in [1.54, 1.807) is 6.07 Å². The highest BCUT2D eigenvalue weighted by molar-refractivity contribution is 5.93. The minimum Gasteiger partial charge on any atom is -0.339 e. The SMILES string of the molecule is CN(C)C1CCN(C(=O)c2[c]cccc2)CC1. The zero-order valence-corrected chi connectivity index (χ0v) is 10.5. The van der Waals surface area contributed by atoms with Gasteiger partial charge in [-0.2, -0.15) is 0 Å². The fourth-order valence-corrected chi connectivity index (χ4v) is 2.28. The van der Waals surface area contributed by atoms with E-state index in [1.807, 2.05) is 23.1 Å². The molecule has 3 heteroatoms. The molecule has 1 radical (unpaired) electrons. The third kappa shape index (κ3) is 2.86. The zero-order chi connectivity index (χ0) is 12.3. The molecule has 1 heterocycles. The van der Waals surface area contributed by atoms with Gasteiger partial charge in [0.15, 0.2) is 0 Å². The van der Waals surface area contributed by atoms with Crippen molar-refractivity contribution in [3.05, 3.63) is 35.9 Å². The number of hydrogen-bond donors (Lipinski definition) is 0. The van der Waals surface area contributed by atoms with E-state index in [0.29, 0.717) is 11.6 Å². The Morgan fingerprint density at radius 1 is 1.35 bits per heavy atom. The van der Waals surface area contributed by atoms with Crippen molar-refractivity contribution in [3.63, 3.8) is 0 Å². The molecular formula is C14H19N2O. The monoisotopic (exact) mass is 231 g/mol. The molecular weight excluding hydrogens is 212 g/mol. The van der Waals surface area contributed by atoms with Gasteiger partial charge < -0.3 is 9.80 Å². The molecule has 0 bridgehead atoms. The number of likely N-dealkylation sites (tertiary alicyclic amines) is 1. The van der Waals surface area contributed by atoms with Gasteiger partial charge in [-0.05, 0) is 39.1 Å². The number of amides is 1. The van der Waals surface area contributed by atoms with Crippen LogP contribution in [-0.2, 0) is 0 Å². The third-order valence-corrected chi connectivity index (χ3v) is 3.42. The molecule has 0 spiro atoms. The predicted octanol–water partition coefficient (Wildman–Crippen LogP) is 1.65. The molecule has 1 amide bonds. The van der Waals surface area contributed by atoms with Gasteiger partial charge in [0.25, 0.3) is 5.91 Å². The molecule has 91 valence electrons. The Balaban J connectivity index is 1.95. The standard InChI is InChI=1S/C14H19N2O/c1-15(2)13-8-10-16(11-9-13)14(17)12-6-4-3-5-7-12/h3-6,13H,8-11H2,1-2H3. The van der Waals surface area contributed by atoms with Crippen molar-refractivity contribution in [1.29, 1.82) is 0 Å². The van der Waals surface area contributed by atoms with Crippen molar-refractivity contribution >= 4 is 5.91 Å². The Morgan fingerprint density at radius 3 is 2.59 bits per heavy atom. The van der Waals surface area contributed by atoms with Gasteiger partial charge in [-0.1, -0.05) is 18.2 Å². The Hall–Kier alpha value is -1.35. The van der Waals surface area contributed by atoms with E-state index >= 15 is 0 Å². The minimum atomic E-state index is 0.114. The Kier molecular flexibility index (Phi) is 3.79. The number of benzene rings is 1. The van der Waals surface area contributed by atoms with E-state index in [4.69, 9.17) is 0 Å². The first-order valence-electron chi connectivity index (χ1n) is 6.11. The third-order valence-electron chi connectivity index (χ3n) is 3.42. The van der Waals surface area contributed by atoms with Crippen molar-refractivity contribution in [3.8, 4) is 0 Å². The molecule has 1 aromatic carbocycles. The number of nitrogens with zero attached hydrogens (tertiary/aromatic N) is 2. The average Bonchev–Trinajstić information content (AvgIpc) is 2.39. The highest BCUT2D eigenvalue weighted by Crippen LogP contribution is 2.16. The number of carbonyl (C=O) groups excluding carboxylic acids is 1. The summed E-state index contributed by atoms with van der Waals surface area (Å²) in [7, 11) is 4.21. The predicted molar refractivity (Wildman–Crippen MR) is 67.9 cm³/mol. The van der Waals surface area contributed by atoms with Crippen LogP contribution in [0.15, 0.2) is 24.3 Å². The van der Waals surface area contributed by atoms with Crippen LogP contribution in [0, 0.1) is 6.07 Å². The maximum atomic E-state index is 12.2. The average molecular weight is 231 g/mol. The second-order valence-corrected chi connectivity index (χ2v) is 4.76. The first-order chi connectivity index (χ1) is 8.18. The van der Waals surface area contributed by atoms with Gasteiger partial charge in [-0.3, -0.25) is 4.79 Å². The fraction of sp³-hybridized carbons (Fsp3) is 0.500. The highest BCUT2D eigenvalue weighted by Gasteiger charge is 2.24. The maximum Gasteiger partial charge on any atom is 0.254 e. The zero-order valence-electron chi connectivity index (χ0n) is 10.5. The molecule has 1 aliphatic rings. The Labute approximate surface area is 103 Å². The van der Waals surface area contributed by atoms with Gasteiger partial charge in [0, 0.05) is 24.7 Å². The second-order valence-electron chi connectivity index (χ2n) is 4.76. The van der Waals surface area contributed by atoms with Crippen LogP contribution in [0.4, 0.5) is 0 Å². The smallest absolute Gasteiger partial charge is 0.254 e. The van der Waals surface area contributed by atoms with Gasteiger partial charge >= 0.3 is 0 Å². The molecule has 1 saturated heterocycles. The summed E-state index contributed by atoms with van der Waals surface area (Å²) < 4.78 is 0. The first-order valence-corrected chi connectivity index (χ1v) is 6.11. The topological polar surface area (TPSA) is 23.6 Å². The summed E-state index contributed by atoms with van der Waals surface area (Å²) in [6.45, 7) is 1.70. The molecule has 17 heavy (non-hydrogen) atoms. The molecule has 0 N–H and O–H groups in total. The number of piperidine rings is 1. The van der Waals surface area contributed by atoms with Crippen LogP contribution in [0.3, 0.4) is 0 Å². The van der Waals surface area contributed by atoms with Gasteiger partial charge in [-0.25, -0.2) is 0 Å². The van der Waals surface area contributed by atoms with Crippen molar-refractivity contribution in [2.45, 2.75) is 18.9 Å². The lowest BCUT2D eigenvalue weighted by molar-refractivity contribution is 0.0663. The normalized spacial score (nSPS) is 17.5. The lowest BCUT2D eigenvalue weighted by Gasteiger charge is -2.35. The second kappa shape index (κ2) is 5.32. The van der Waals surface area contributed by atoms with Crippen LogP contribution in [0.2, 0.25) is 0 Å². The van der Waals surface area contributed by atoms with Gasteiger partial charge in [0.2, 0.25) is 0 Å². The summed E-state index contributed by atoms with van der Waals surface area (Å²) >= 11 is 0. The summed E-state index contributed by atoms with van der Waals surface area (Å²) in [5.74, 6) is 0.114. The summed E-state index contributed by atoms with van der Waals surface area (Å²) in [5, 5.41) is 0. The fourth-order valence-electron chi connectivity index (χ4n) is 2.28. The summed E-state index contributed by atoms with van der Waals surface area (Å²) in [4.78, 5) is 16.3. The number of rotatable bonds is 2. The summed E-state index contributed by atoms with van der Waals surface area (Å²) in [6.07, 6.45) is 2.12. The Morgan fingerprint density at radius 2 is 2.06 bits per heavy atom. The van der Waals surface area contributed by atoms with E-state index < -0.39 is 0 Å². The van der Waals surface area contributed by atoms with Crippen LogP contribution < -0.4 is 0 Å². The lowest BCUT2D eigenvalue weighted by atomic mass is 10.0. The van der Waals surface area contributed by atoms with E-state index in [1.165, 1.54) is 0 Å². The molecule has 0 unspecified atom stereocenters. The molecule has 3 nitrogen and oxygen atoms in total. The maximum absolute atomic E-state index is 12.2. The van der Waals surface area contributed by atoms with Crippen molar-refractivity contribution in [2.24, 2.45) is 0 Å². The van der Waals surface area contributed by atoms with Crippen molar-refractivity contribution < 1.29 is 4.79 Å². The molecule has 2 rings (SSSR count). The van der Waals surface area contributed by atoms with Crippen LogP contribution >= 0.6 is 0 Å². The molecule has 0 atom stereocenters. The summed E-state index contributed by atoms with van der Waals surface area (Å²) in [6, 6.07) is 11.0. The van der Waals surface area contributed by atoms with Crippen LogP contribution in [0.1, 0.15) is 23.2 Å². The van der Waals surface area contributed by atoms with Gasteiger partial charge in [0.05, 0.1) is 0 Å². The number of carbonyl (C=O) groups is 1. The number of hydrogen-bond acceptors (Lipinski definition) is 2. The van der Waals surface area contributed by atoms with Gasteiger partial charge in [-0.15, -0.1) is 0 Å². The quantitative estimate of drug-likeness (QED) is 0.772. The molecule has 1 aromatic rings. The van der Waals surface area contributed by atoms with E-state index in [9.17, 15) is 4.79 Å². The van der Waals surface area contributed by atoms with E-state index in [2.05, 4.69) is 25.1 Å². The highest BCUT2D eigenvalue weighted by atomic mass is 16.2. The van der Waals surface area contributed by atoms with Crippen LogP contribution in [0.5, 0.6) is 0 Å². The molecule has 0 saturated carbocycles.